The quantitative estimate of drug-likeness (QED) is 0.785. The molecule has 0 spiro atoms. The van der Waals surface area contributed by atoms with Crippen LogP contribution in [0.2, 0.25) is 39.3 Å². The summed E-state index contributed by atoms with van der Waals surface area (Å²) in [7, 11) is -1.87. The summed E-state index contributed by atoms with van der Waals surface area (Å²) in [5, 5.41) is 10.0. The lowest BCUT2D eigenvalue weighted by atomic mass is 10.1. The Kier molecular flexibility index (Phi) is 5.77. The average molecular weight is 309 g/mol. The highest BCUT2D eigenvalue weighted by atomic mass is 28.4. The van der Waals surface area contributed by atoms with Crippen molar-refractivity contribution in [2.75, 3.05) is 13.7 Å². The van der Waals surface area contributed by atoms with Crippen molar-refractivity contribution in [1.82, 2.24) is 0 Å². The molecule has 1 heterocycles. The molecule has 0 aromatic heterocycles. The largest absolute Gasteiger partial charge is 0.410 e. The van der Waals surface area contributed by atoms with Gasteiger partial charge in [0.15, 0.2) is 22.9 Å². The Morgan fingerprint density at radius 2 is 1.47 bits per heavy atom. The van der Waals surface area contributed by atoms with Gasteiger partial charge in [0.25, 0.3) is 0 Å². The van der Waals surface area contributed by atoms with Crippen LogP contribution in [0.25, 0.3) is 0 Å². The Morgan fingerprint density at radius 1 is 0.947 bits per heavy atom. The fraction of sp³-hybridized carbons (Fsp3) is 1.00. The van der Waals surface area contributed by atoms with Gasteiger partial charge in [-0.1, -0.05) is 0 Å². The highest BCUT2D eigenvalue weighted by Crippen LogP contribution is 2.26. The van der Waals surface area contributed by atoms with Crippen molar-refractivity contribution >= 4 is 16.6 Å². The molecule has 0 saturated carbocycles. The van der Waals surface area contributed by atoms with Crippen LogP contribution in [0, 0.1) is 0 Å². The Bertz CT molecular complexity index is 287. The van der Waals surface area contributed by atoms with Crippen LogP contribution in [0.1, 0.15) is 0 Å². The smallest absolute Gasteiger partial charge is 0.184 e. The topological polar surface area (TPSA) is 57.2 Å². The molecule has 1 rings (SSSR count). The Morgan fingerprint density at radius 3 is 1.89 bits per heavy atom. The van der Waals surface area contributed by atoms with Gasteiger partial charge in [0, 0.05) is 7.11 Å². The molecule has 1 saturated heterocycles. The summed E-state index contributed by atoms with van der Waals surface area (Å²) < 4.78 is 23.0. The van der Waals surface area contributed by atoms with E-state index in [0.717, 1.165) is 0 Å². The van der Waals surface area contributed by atoms with Crippen LogP contribution in [-0.4, -0.2) is 60.1 Å². The van der Waals surface area contributed by atoms with E-state index in [9.17, 15) is 5.11 Å². The molecule has 0 aromatic rings. The van der Waals surface area contributed by atoms with E-state index in [4.69, 9.17) is 18.3 Å². The van der Waals surface area contributed by atoms with Crippen molar-refractivity contribution in [3.05, 3.63) is 0 Å². The molecule has 4 unspecified atom stereocenters. The molecule has 1 fully saturated rings. The zero-order valence-corrected chi connectivity index (χ0v) is 15.1. The summed E-state index contributed by atoms with van der Waals surface area (Å²) in [6, 6.07) is 0. The van der Waals surface area contributed by atoms with E-state index in [1.807, 2.05) is 0 Å². The molecule has 1 N–H and O–H groups in total. The van der Waals surface area contributed by atoms with E-state index in [-0.39, 0.29) is 12.2 Å². The van der Waals surface area contributed by atoms with Gasteiger partial charge in [0.05, 0.1) is 12.7 Å². The summed E-state index contributed by atoms with van der Waals surface area (Å²) in [6.07, 6.45) is -1.89. The maximum Gasteiger partial charge on any atom is 0.184 e. The first kappa shape index (κ1) is 17.3. The predicted octanol–water partition coefficient (Wildman–Crippen LogP) is 1.79. The van der Waals surface area contributed by atoms with Crippen LogP contribution in [-0.2, 0) is 18.3 Å². The van der Waals surface area contributed by atoms with Gasteiger partial charge in [-0.2, -0.15) is 0 Å². The van der Waals surface area contributed by atoms with Gasteiger partial charge >= 0.3 is 0 Å². The molecule has 4 atom stereocenters. The molecule has 0 amide bonds. The van der Waals surface area contributed by atoms with E-state index < -0.39 is 29.0 Å². The van der Waals surface area contributed by atoms with Crippen molar-refractivity contribution in [3.8, 4) is 0 Å². The third-order valence-corrected chi connectivity index (χ3v) is 4.66. The zero-order chi connectivity index (χ0) is 14.8. The fourth-order valence-corrected chi connectivity index (χ4v) is 4.31. The highest BCUT2D eigenvalue weighted by molar-refractivity contribution is 6.70. The molecule has 0 radical (unpaired) electrons. The number of hydrogen-bond acceptors (Lipinski definition) is 5. The van der Waals surface area contributed by atoms with Gasteiger partial charge < -0.3 is 23.4 Å². The van der Waals surface area contributed by atoms with Gasteiger partial charge in [0.1, 0.15) is 12.2 Å². The summed E-state index contributed by atoms with van der Waals surface area (Å²) in [5.41, 5.74) is 0. The predicted molar refractivity (Wildman–Crippen MR) is 79.2 cm³/mol. The number of rotatable bonds is 5. The average Bonchev–Trinajstić information content (AvgIpc) is 2.19. The van der Waals surface area contributed by atoms with Gasteiger partial charge in [-0.15, -0.1) is 0 Å². The van der Waals surface area contributed by atoms with E-state index in [0.29, 0.717) is 6.61 Å². The second kappa shape index (κ2) is 6.34. The molecule has 114 valence electrons. The SMILES string of the molecule is COC1C(O[Si](C)(C)C)COC(O)C1O[Si](C)(C)C. The first-order valence-electron chi connectivity index (χ1n) is 6.71. The summed E-state index contributed by atoms with van der Waals surface area (Å²) >= 11 is 0. The van der Waals surface area contributed by atoms with Crippen molar-refractivity contribution in [1.29, 1.82) is 0 Å². The number of hydrogen-bond donors (Lipinski definition) is 1. The molecule has 0 aliphatic carbocycles. The van der Waals surface area contributed by atoms with Crippen molar-refractivity contribution < 1.29 is 23.4 Å². The van der Waals surface area contributed by atoms with Crippen molar-refractivity contribution in [3.63, 3.8) is 0 Å². The fourth-order valence-electron chi connectivity index (χ4n) is 2.13. The molecule has 1 aliphatic rings. The van der Waals surface area contributed by atoms with E-state index in [1.54, 1.807) is 7.11 Å². The normalized spacial score (nSPS) is 33.5. The summed E-state index contributed by atoms with van der Waals surface area (Å²) in [6.45, 7) is 13.0. The van der Waals surface area contributed by atoms with Crippen LogP contribution < -0.4 is 0 Å². The van der Waals surface area contributed by atoms with E-state index in [2.05, 4.69) is 39.3 Å². The molecular weight excluding hydrogens is 280 g/mol. The Labute approximate surface area is 118 Å². The molecule has 5 nitrogen and oxygen atoms in total. The Balaban J connectivity index is 2.82. The first-order valence-corrected chi connectivity index (χ1v) is 13.5. The molecule has 0 aromatic carbocycles. The third-order valence-electron chi connectivity index (χ3n) is 2.67. The van der Waals surface area contributed by atoms with Crippen LogP contribution in [0.15, 0.2) is 0 Å². The van der Waals surface area contributed by atoms with Gasteiger partial charge in [0.2, 0.25) is 0 Å². The minimum atomic E-state index is -1.80. The van der Waals surface area contributed by atoms with Gasteiger partial charge in [-0.05, 0) is 39.3 Å². The second-order valence-corrected chi connectivity index (χ2v) is 15.8. The maximum atomic E-state index is 10.0. The lowest BCUT2D eigenvalue weighted by Gasteiger charge is -2.43. The van der Waals surface area contributed by atoms with E-state index >= 15 is 0 Å². The van der Waals surface area contributed by atoms with Crippen molar-refractivity contribution in [2.45, 2.75) is 63.9 Å². The number of ether oxygens (including phenoxy) is 2. The van der Waals surface area contributed by atoms with Crippen LogP contribution in [0.5, 0.6) is 0 Å². The third kappa shape index (κ3) is 5.62. The van der Waals surface area contributed by atoms with E-state index in [1.165, 1.54) is 0 Å². The summed E-state index contributed by atoms with van der Waals surface area (Å²) in [4.78, 5) is 0. The molecule has 1 aliphatic heterocycles. The Hall–Kier alpha value is 0.234. The lowest BCUT2D eigenvalue weighted by Crippen LogP contribution is -2.59. The second-order valence-electron chi connectivity index (χ2n) is 6.89. The van der Waals surface area contributed by atoms with Crippen LogP contribution >= 0.6 is 0 Å². The van der Waals surface area contributed by atoms with Crippen LogP contribution in [0.4, 0.5) is 0 Å². The van der Waals surface area contributed by atoms with Gasteiger partial charge in [-0.3, -0.25) is 0 Å². The monoisotopic (exact) mass is 308 g/mol. The molecule has 19 heavy (non-hydrogen) atoms. The summed E-state index contributed by atoms with van der Waals surface area (Å²) in [5.74, 6) is 0. The molecule has 7 heteroatoms. The number of aliphatic hydroxyl groups excluding tert-OH is 1. The van der Waals surface area contributed by atoms with Crippen molar-refractivity contribution in [2.24, 2.45) is 0 Å². The zero-order valence-electron chi connectivity index (χ0n) is 13.1. The van der Waals surface area contributed by atoms with Gasteiger partial charge in [-0.25, -0.2) is 0 Å². The lowest BCUT2D eigenvalue weighted by molar-refractivity contribution is -0.249. The minimum Gasteiger partial charge on any atom is -0.410 e. The first-order chi connectivity index (χ1) is 8.53. The van der Waals surface area contributed by atoms with Crippen LogP contribution in [0.3, 0.4) is 0 Å². The standard InChI is InChI=1S/C12H28O5Si2/c1-14-10-9(16-18(2,3)4)8-15-12(13)11(10)17-19(5,6)7/h9-13H,8H2,1-7H3. The number of methoxy groups -OCH3 is 1. The highest BCUT2D eigenvalue weighted by Gasteiger charge is 2.44. The minimum absolute atomic E-state index is 0.179. The number of aliphatic hydroxyl groups is 1. The molecular formula is C12H28O5Si2. The maximum absolute atomic E-state index is 10.0. The molecule has 0 bridgehead atoms.